The fraction of sp³-hybridized carbons (Fsp3) is 0.478. The molecular formula is C23H32N4O4S. The first kappa shape index (κ1) is 23.8. The van der Waals surface area contributed by atoms with Crippen LogP contribution in [-0.2, 0) is 21.4 Å². The number of carbonyl (C=O) groups is 1. The number of amides is 1. The van der Waals surface area contributed by atoms with Gasteiger partial charge >= 0.3 is 0 Å². The zero-order valence-corrected chi connectivity index (χ0v) is 19.5. The van der Waals surface area contributed by atoms with Crippen molar-refractivity contribution in [2.45, 2.75) is 52.2 Å². The molecule has 0 atom stereocenters. The second kappa shape index (κ2) is 11.2. The van der Waals surface area contributed by atoms with E-state index in [1.54, 1.807) is 30.5 Å². The third-order valence-corrected chi connectivity index (χ3v) is 6.24. The van der Waals surface area contributed by atoms with E-state index in [-0.39, 0.29) is 12.6 Å². The highest BCUT2D eigenvalue weighted by atomic mass is 32.2. The van der Waals surface area contributed by atoms with E-state index in [0.717, 1.165) is 24.5 Å². The van der Waals surface area contributed by atoms with Crippen LogP contribution in [-0.4, -0.2) is 44.3 Å². The molecule has 2 N–H and O–H groups in total. The zero-order valence-electron chi connectivity index (χ0n) is 18.7. The van der Waals surface area contributed by atoms with Crippen molar-refractivity contribution < 1.29 is 17.9 Å². The van der Waals surface area contributed by atoms with Gasteiger partial charge in [-0.2, -0.15) is 0 Å². The Balaban J connectivity index is 1.47. The largest absolute Gasteiger partial charge is 0.491 e. The van der Waals surface area contributed by atoms with E-state index in [0.29, 0.717) is 11.4 Å². The molecule has 32 heavy (non-hydrogen) atoms. The number of nitrogens with zero attached hydrogens (tertiary/aromatic N) is 2. The van der Waals surface area contributed by atoms with E-state index >= 15 is 0 Å². The number of pyridine rings is 1. The molecule has 2 aromatic rings. The molecule has 0 saturated carbocycles. The summed E-state index contributed by atoms with van der Waals surface area (Å²) in [4.78, 5) is 19.0. The van der Waals surface area contributed by atoms with E-state index in [9.17, 15) is 13.2 Å². The SMILES string of the molecule is CC(C)Oc1ccc(NS(=O)(=O)CC(=O)NCc2ccc(N3CCCCCC3)nc2)cc1. The lowest BCUT2D eigenvalue weighted by Gasteiger charge is -2.21. The van der Waals surface area contributed by atoms with Crippen LogP contribution < -0.4 is 19.7 Å². The number of rotatable bonds is 9. The van der Waals surface area contributed by atoms with Gasteiger partial charge in [0, 0.05) is 31.5 Å². The summed E-state index contributed by atoms with van der Waals surface area (Å²) in [6.07, 6.45) is 6.64. The van der Waals surface area contributed by atoms with Crippen LogP contribution in [0, 0.1) is 0 Å². The maximum Gasteiger partial charge on any atom is 0.241 e. The van der Waals surface area contributed by atoms with E-state index in [2.05, 4.69) is 19.9 Å². The second-order valence-corrected chi connectivity index (χ2v) is 9.98. The topological polar surface area (TPSA) is 101 Å². The fourth-order valence-corrected chi connectivity index (χ4v) is 4.54. The van der Waals surface area contributed by atoms with Crippen LogP contribution in [0.25, 0.3) is 0 Å². The first-order chi connectivity index (χ1) is 15.3. The van der Waals surface area contributed by atoms with Gasteiger partial charge in [0.15, 0.2) is 0 Å². The summed E-state index contributed by atoms with van der Waals surface area (Å²) < 4.78 is 32.6. The van der Waals surface area contributed by atoms with Crippen LogP contribution in [0.3, 0.4) is 0 Å². The quantitative estimate of drug-likeness (QED) is 0.595. The van der Waals surface area contributed by atoms with Gasteiger partial charge in [-0.15, -0.1) is 0 Å². The van der Waals surface area contributed by atoms with Gasteiger partial charge in [-0.25, -0.2) is 13.4 Å². The van der Waals surface area contributed by atoms with Crippen molar-refractivity contribution in [3.8, 4) is 5.75 Å². The van der Waals surface area contributed by atoms with Gasteiger partial charge in [0.1, 0.15) is 17.3 Å². The van der Waals surface area contributed by atoms with Crippen molar-refractivity contribution in [3.63, 3.8) is 0 Å². The normalized spacial score (nSPS) is 14.7. The average Bonchev–Trinajstić information content (AvgIpc) is 3.03. The van der Waals surface area contributed by atoms with Gasteiger partial charge in [0.25, 0.3) is 0 Å². The first-order valence-corrected chi connectivity index (χ1v) is 12.7. The number of aromatic nitrogens is 1. The Hall–Kier alpha value is -2.81. The number of nitrogens with one attached hydrogen (secondary N) is 2. The van der Waals surface area contributed by atoms with Gasteiger partial charge in [-0.3, -0.25) is 9.52 Å². The Kier molecular flexibility index (Phi) is 8.33. The number of hydrogen-bond acceptors (Lipinski definition) is 6. The van der Waals surface area contributed by atoms with Crippen molar-refractivity contribution in [2.24, 2.45) is 0 Å². The maximum absolute atomic E-state index is 12.3. The van der Waals surface area contributed by atoms with Crippen LogP contribution in [0.1, 0.15) is 45.1 Å². The van der Waals surface area contributed by atoms with E-state index < -0.39 is 21.7 Å². The van der Waals surface area contributed by atoms with Gasteiger partial charge in [0.05, 0.1) is 6.10 Å². The smallest absolute Gasteiger partial charge is 0.241 e. The molecule has 1 aromatic heterocycles. The van der Waals surface area contributed by atoms with Crippen molar-refractivity contribution in [3.05, 3.63) is 48.2 Å². The summed E-state index contributed by atoms with van der Waals surface area (Å²) in [7, 11) is -3.82. The highest BCUT2D eigenvalue weighted by Gasteiger charge is 2.17. The number of anilines is 2. The summed E-state index contributed by atoms with van der Waals surface area (Å²) in [6, 6.07) is 10.4. The molecule has 2 heterocycles. The molecule has 0 spiro atoms. The Bertz CT molecular complexity index is 968. The van der Waals surface area contributed by atoms with E-state index in [1.165, 1.54) is 25.7 Å². The molecule has 1 saturated heterocycles. The van der Waals surface area contributed by atoms with E-state index in [4.69, 9.17) is 4.74 Å². The van der Waals surface area contributed by atoms with Gasteiger partial charge in [0.2, 0.25) is 15.9 Å². The van der Waals surface area contributed by atoms with Crippen molar-refractivity contribution in [2.75, 3.05) is 28.5 Å². The molecule has 0 radical (unpaired) electrons. The summed E-state index contributed by atoms with van der Waals surface area (Å²) >= 11 is 0. The number of benzene rings is 1. The lowest BCUT2D eigenvalue weighted by atomic mass is 10.2. The summed E-state index contributed by atoms with van der Waals surface area (Å²) in [5.41, 5.74) is 1.20. The zero-order chi connectivity index (χ0) is 23.0. The van der Waals surface area contributed by atoms with E-state index in [1.807, 2.05) is 26.0 Å². The molecule has 8 nitrogen and oxygen atoms in total. The molecule has 9 heteroatoms. The third kappa shape index (κ3) is 7.71. The summed E-state index contributed by atoms with van der Waals surface area (Å²) in [5.74, 6) is 0.361. The minimum Gasteiger partial charge on any atom is -0.491 e. The van der Waals surface area contributed by atoms with Crippen LogP contribution in [0.2, 0.25) is 0 Å². The lowest BCUT2D eigenvalue weighted by Crippen LogP contribution is -2.32. The first-order valence-electron chi connectivity index (χ1n) is 11.0. The molecule has 3 rings (SSSR count). The van der Waals surface area contributed by atoms with Crippen LogP contribution in [0.15, 0.2) is 42.6 Å². The molecule has 0 aliphatic carbocycles. The second-order valence-electron chi connectivity index (χ2n) is 8.25. The monoisotopic (exact) mass is 460 g/mol. The fourth-order valence-electron chi connectivity index (χ4n) is 3.52. The highest BCUT2D eigenvalue weighted by molar-refractivity contribution is 7.93. The highest BCUT2D eigenvalue weighted by Crippen LogP contribution is 2.19. The number of sulfonamides is 1. The molecule has 1 amide bonds. The van der Waals surface area contributed by atoms with Crippen LogP contribution in [0.4, 0.5) is 11.5 Å². The predicted octanol–water partition coefficient (Wildman–Crippen LogP) is 3.31. The molecule has 0 bridgehead atoms. The summed E-state index contributed by atoms with van der Waals surface area (Å²) in [5, 5.41) is 2.65. The predicted molar refractivity (Wildman–Crippen MR) is 126 cm³/mol. The Morgan fingerprint density at radius 1 is 1.06 bits per heavy atom. The Morgan fingerprint density at radius 3 is 2.34 bits per heavy atom. The number of ether oxygens (including phenoxy) is 1. The molecule has 1 aliphatic rings. The molecule has 1 aromatic carbocycles. The number of hydrogen-bond donors (Lipinski definition) is 2. The standard InChI is InChI=1S/C23H32N4O4S/c1-18(2)31-21-10-8-20(9-11-21)26-32(29,30)17-23(28)25-16-19-7-12-22(24-15-19)27-13-5-3-4-6-14-27/h7-12,15,18,26H,3-6,13-14,16-17H2,1-2H3,(H,25,28). The Labute approximate surface area is 190 Å². The van der Waals surface area contributed by atoms with Crippen molar-refractivity contribution in [1.29, 1.82) is 0 Å². The molecule has 1 aliphatic heterocycles. The number of carbonyl (C=O) groups excluding carboxylic acids is 1. The van der Waals surface area contributed by atoms with Gasteiger partial charge in [-0.1, -0.05) is 18.9 Å². The van der Waals surface area contributed by atoms with Crippen LogP contribution >= 0.6 is 0 Å². The van der Waals surface area contributed by atoms with Gasteiger partial charge in [-0.05, 0) is 62.6 Å². The molecular weight excluding hydrogens is 428 g/mol. The van der Waals surface area contributed by atoms with Gasteiger partial charge < -0.3 is 15.0 Å². The van der Waals surface area contributed by atoms with Crippen LogP contribution in [0.5, 0.6) is 5.75 Å². The molecule has 0 unspecified atom stereocenters. The third-order valence-electron chi connectivity index (χ3n) is 5.05. The minimum atomic E-state index is -3.82. The maximum atomic E-state index is 12.3. The minimum absolute atomic E-state index is 0.0296. The lowest BCUT2D eigenvalue weighted by molar-refractivity contribution is -0.118. The molecule has 1 fully saturated rings. The molecule has 174 valence electrons. The van der Waals surface area contributed by atoms with Crippen molar-refractivity contribution >= 4 is 27.4 Å². The summed E-state index contributed by atoms with van der Waals surface area (Å²) in [6.45, 7) is 6.08. The average molecular weight is 461 g/mol. The van der Waals surface area contributed by atoms with Crippen molar-refractivity contribution in [1.82, 2.24) is 10.3 Å². The Morgan fingerprint density at radius 2 is 1.75 bits per heavy atom.